The van der Waals surface area contributed by atoms with Crippen LogP contribution in [0.4, 0.5) is 0 Å². The molecule has 1 aliphatic carbocycles. The molecular weight excluding hydrogens is 264 g/mol. The number of nitrogens with one attached hydrogen (secondary N) is 2. The van der Waals surface area contributed by atoms with Crippen molar-refractivity contribution in [1.29, 1.82) is 0 Å². The summed E-state index contributed by atoms with van der Waals surface area (Å²) in [6.45, 7) is 1.12. The van der Waals surface area contributed by atoms with Gasteiger partial charge in [0.25, 0.3) is 0 Å². The molecule has 21 heavy (non-hydrogen) atoms. The summed E-state index contributed by atoms with van der Waals surface area (Å²) in [4.78, 5) is 12.3. The molecule has 0 bridgehead atoms. The first-order chi connectivity index (χ1) is 10.2. The van der Waals surface area contributed by atoms with E-state index in [9.17, 15) is 9.90 Å². The molecule has 1 atom stereocenters. The highest BCUT2D eigenvalue weighted by atomic mass is 16.3. The van der Waals surface area contributed by atoms with Crippen LogP contribution in [0, 0.1) is 0 Å². The third-order valence-corrected chi connectivity index (χ3v) is 4.77. The van der Waals surface area contributed by atoms with Gasteiger partial charge in [0, 0.05) is 13.1 Å². The van der Waals surface area contributed by atoms with Crippen LogP contribution in [-0.4, -0.2) is 29.2 Å². The molecule has 0 saturated heterocycles. The molecular formula is C17H24N2O2. The van der Waals surface area contributed by atoms with E-state index in [1.807, 2.05) is 12.1 Å². The zero-order valence-corrected chi connectivity index (χ0v) is 12.4. The van der Waals surface area contributed by atoms with Crippen molar-refractivity contribution < 1.29 is 9.90 Å². The first-order valence-corrected chi connectivity index (χ1v) is 7.97. The Morgan fingerprint density at radius 2 is 1.95 bits per heavy atom. The molecule has 0 spiro atoms. The van der Waals surface area contributed by atoms with Crippen molar-refractivity contribution >= 4 is 5.91 Å². The van der Waals surface area contributed by atoms with Crippen LogP contribution < -0.4 is 10.6 Å². The van der Waals surface area contributed by atoms with Crippen molar-refractivity contribution in [1.82, 2.24) is 10.6 Å². The molecule has 3 N–H and O–H groups in total. The second-order valence-corrected chi connectivity index (χ2v) is 6.41. The monoisotopic (exact) mass is 288 g/mol. The molecule has 2 aliphatic rings. The summed E-state index contributed by atoms with van der Waals surface area (Å²) < 4.78 is 0. The van der Waals surface area contributed by atoms with Gasteiger partial charge >= 0.3 is 0 Å². The number of carbonyl (C=O) groups is 1. The molecule has 4 nitrogen and oxygen atoms in total. The van der Waals surface area contributed by atoms with E-state index in [1.165, 1.54) is 17.5 Å². The molecule has 0 radical (unpaired) electrons. The summed E-state index contributed by atoms with van der Waals surface area (Å²) in [7, 11) is 0. The summed E-state index contributed by atoms with van der Waals surface area (Å²) in [5, 5.41) is 16.7. The Labute approximate surface area is 125 Å². The maximum atomic E-state index is 12.3. The summed E-state index contributed by atoms with van der Waals surface area (Å²) in [5.74, 6) is 0.00324. The summed E-state index contributed by atoms with van der Waals surface area (Å²) in [6.07, 6.45) is 5.63. The van der Waals surface area contributed by atoms with Crippen LogP contribution in [0.15, 0.2) is 24.3 Å². The number of hydrogen-bond acceptors (Lipinski definition) is 3. The largest absolute Gasteiger partial charge is 0.388 e. The van der Waals surface area contributed by atoms with E-state index in [2.05, 4.69) is 22.8 Å². The molecule has 1 aliphatic heterocycles. The molecule has 0 aromatic heterocycles. The summed E-state index contributed by atoms with van der Waals surface area (Å²) in [5.41, 5.74) is 1.82. The van der Waals surface area contributed by atoms with Crippen LogP contribution in [0.3, 0.4) is 0 Å². The second-order valence-electron chi connectivity index (χ2n) is 6.41. The van der Waals surface area contributed by atoms with Crippen LogP contribution >= 0.6 is 0 Å². The Hall–Kier alpha value is -1.39. The lowest BCUT2D eigenvalue weighted by Crippen LogP contribution is -2.52. The van der Waals surface area contributed by atoms with Gasteiger partial charge in [0.2, 0.25) is 5.91 Å². The van der Waals surface area contributed by atoms with Crippen molar-refractivity contribution in [2.24, 2.45) is 0 Å². The van der Waals surface area contributed by atoms with Crippen LogP contribution in [0.2, 0.25) is 0 Å². The standard InChI is InChI=1S/C17H24N2O2/c20-16(19-12-17(21)8-4-1-5-9-17)15-10-13-6-2-3-7-14(13)11-18-15/h2-3,6-7,15,18,21H,1,4-5,8-12H2,(H,19,20). The van der Waals surface area contributed by atoms with E-state index in [-0.39, 0.29) is 11.9 Å². The van der Waals surface area contributed by atoms with Crippen LogP contribution in [0.25, 0.3) is 0 Å². The Kier molecular flexibility index (Phi) is 4.27. The van der Waals surface area contributed by atoms with Gasteiger partial charge < -0.3 is 15.7 Å². The van der Waals surface area contributed by atoms with E-state index in [0.29, 0.717) is 6.54 Å². The fourth-order valence-corrected chi connectivity index (χ4v) is 3.40. The van der Waals surface area contributed by atoms with E-state index in [1.54, 1.807) is 0 Å². The molecule has 1 aromatic rings. The van der Waals surface area contributed by atoms with Gasteiger partial charge in [-0.2, -0.15) is 0 Å². The molecule has 3 rings (SSSR count). The van der Waals surface area contributed by atoms with Gasteiger partial charge in [-0.15, -0.1) is 0 Å². The molecule has 114 valence electrons. The van der Waals surface area contributed by atoms with E-state index < -0.39 is 5.60 Å². The van der Waals surface area contributed by atoms with E-state index in [0.717, 1.165) is 38.6 Å². The van der Waals surface area contributed by atoms with Gasteiger partial charge in [-0.3, -0.25) is 4.79 Å². The third-order valence-electron chi connectivity index (χ3n) is 4.77. The quantitative estimate of drug-likeness (QED) is 0.790. The third kappa shape index (κ3) is 3.44. The van der Waals surface area contributed by atoms with Gasteiger partial charge in [-0.25, -0.2) is 0 Å². The first-order valence-electron chi connectivity index (χ1n) is 7.97. The Morgan fingerprint density at radius 3 is 2.71 bits per heavy atom. The minimum Gasteiger partial charge on any atom is -0.388 e. The van der Waals surface area contributed by atoms with Crippen molar-refractivity contribution in [2.75, 3.05) is 6.54 Å². The molecule has 1 heterocycles. The molecule has 1 fully saturated rings. The lowest BCUT2D eigenvalue weighted by atomic mass is 9.85. The van der Waals surface area contributed by atoms with Crippen molar-refractivity contribution in [3.8, 4) is 0 Å². The summed E-state index contributed by atoms with van der Waals surface area (Å²) >= 11 is 0. The molecule has 4 heteroatoms. The highest BCUT2D eigenvalue weighted by molar-refractivity contribution is 5.82. The van der Waals surface area contributed by atoms with Gasteiger partial charge in [-0.05, 0) is 30.4 Å². The topological polar surface area (TPSA) is 61.4 Å². The highest BCUT2D eigenvalue weighted by Crippen LogP contribution is 2.27. The first kappa shape index (κ1) is 14.5. The van der Waals surface area contributed by atoms with Crippen LogP contribution in [-0.2, 0) is 17.8 Å². The van der Waals surface area contributed by atoms with E-state index in [4.69, 9.17) is 0 Å². The zero-order chi connectivity index (χ0) is 14.7. The van der Waals surface area contributed by atoms with Gasteiger partial charge in [0.05, 0.1) is 11.6 Å². The minimum atomic E-state index is -0.694. The normalized spacial score (nSPS) is 24.1. The lowest BCUT2D eigenvalue weighted by molar-refractivity contribution is -0.125. The maximum Gasteiger partial charge on any atom is 0.237 e. The maximum absolute atomic E-state index is 12.3. The number of benzene rings is 1. The molecule has 1 aromatic carbocycles. The van der Waals surface area contributed by atoms with Gasteiger partial charge in [-0.1, -0.05) is 43.5 Å². The fourth-order valence-electron chi connectivity index (χ4n) is 3.40. The Morgan fingerprint density at radius 1 is 1.24 bits per heavy atom. The summed E-state index contributed by atoms with van der Waals surface area (Å²) in [6, 6.07) is 8.04. The number of fused-ring (bicyclic) bond motifs is 1. The number of rotatable bonds is 3. The van der Waals surface area contributed by atoms with Crippen LogP contribution in [0.5, 0.6) is 0 Å². The van der Waals surface area contributed by atoms with Crippen molar-refractivity contribution in [3.05, 3.63) is 35.4 Å². The highest BCUT2D eigenvalue weighted by Gasteiger charge is 2.31. The molecule has 1 unspecified atom stereocenters. The smallest absolute Gasteiger partial charge is 0.237 e. The number of hydrogen-bond donors (Lipinski definition) is 3. The molecule has 1 amide bonds. The van der Waals surface area contributed by atoms with Gasteiger partial charge in [0.1, 0.15) is 0 Å². The average molecular weight is 288 g/mol. The zero-order valence-electron chi connectivity index (χ0n) is 12.4. The Bertz CT molecular complexity index is 509. The SMILES string of the molecule is O=C(NCC1(O)CCCCC1)C1Cc2ccccc2CN1. The predicted molar refractivity (Wildman–Crippen MR) is 81.8 cm³/mol. The Balaban J connectivity index is 1.55. The van der Waals surface area contributed by atoms with Gasteiger partial charge in [0.15, 0.2) is 0 Å². The lowest BCUT2D eigenvalue weighted by Gasteiger charge is -2.33. The second kappa shape index (κ2) is 6.16. The molecule has 1 saturated carbocycles. The fraction of sp³-hybridized carbons (Fsp3) is 0.588. The minimum absolute atomic E-state index is 0.00324. The number of amides is 1. The van der Waals surface area contributed by atoms with Crippen molar-refractivity contribution in [2.45, 2.75) is 56.7 Å². The predicted octanol–water partition coefficient (Wildman–Crippen LogP) is 1.51. The van der Waals surface area contributed by atoms with Crippen LogP contribution in [0.1, 0.15) is 43.2 Å². The van der Waals surface area contributed by atoms with E-state index >= 15 is 0 Å². The number of aliphatic hydroxyl groups is 1. The number of carbonyl (C=O) groups excluding carboxylic acids is 1. The van der Waals surface area contributed by atoms with Crippen molar-refractivity contribution in [3.63, 3.8) is 0 Å². The average Bonchev–Trinajstić information content (AvgIpc) is 2.53.